The first-order valence-corrected chi connectivity index (χ1v) is 7.35. The second kappa shape index (κ2) is 5.77. The van der Waals surface area contributed by atoms with Gasteiger partial charge in [-0.3, -0.25) is 9.59 Å². The zero-order valence-corrected chi connectivity index (χ0v) is 12.7. The minimum Gasteiger partial charge on any atom is -0.348 e. The van der Waals surface area contributed by atoms with Crippen LogP contribution in [0, 0.1) is 6.92 Å². The number of nitrogens with zero attached hydrogens (tertiary/aromatic N) is 2. The molecule has 1 aromatic heterocycles. The first-order chi connectivity index (χ1) is 11.3. The van der Waals surface area contributed by atoms with E-state index in [0.29, 0.717) is 5.69 Å². The molecule has 3 rings (SSSR count). The third-order valence-corrected chi connectivity index (χ3v) is 3.65. The van der Waals surface area contributed by atoms with Gasteiger partial charge >= 0.3 is 6.18 Å². The summed E-state index contributed by atoms with van der Waals surface area (Å²) in [5, 5.41) is 6.62. The molecule has 0 saturated heterocycles. The summed E-state index contributed by atoms with van der Waals surface area (Å²) < 4.78 is 39.8. The summed E-state index contributed by atoms with van der Waals surface area (Å²) in [5.41, 5.74) is -1.26. The van der Waals surface area contributed by atoms with E-state index in [1.165, 1.54) is 29.8 Å². The maximum absolute atomic E-state index is 12.9. The first kappa shape index (κ1) is 16.2. The largest absolute Gasteiger partial charge is 0.416 e. The lowest BCUT2D eigenvalue weighted by molar-refractivity contribution is -0.137. The van der Waals surface area contributed by atoms with Gasteiger partial charge in [-0.25, -0.2) is 4.68 Å². The molecule has 1 heterocycles. The summed E-state index contributed by atoms with van der Waals surface area (Å²) in [4.78, 5) is 24.0. The zero-order chi connectivity index (χ0) is 17.5. The van der Waals surface area contributed by atoms with Gasteiger partial charge in [-0.2, -0.15) is 18.3 Å². The lowest BCUT2D eigenvalue weighted by Gasteiger charge is -2.13. The highest BCUT2D eigenvalue weighted by molar-refractivity contribution is 5.92. The molecule has 1 aromatic carbocycles. The van der Waals surface area contributed by atoms with E-state index in [1.54, 1.807) is 0 Å². The number of alkyl halides is 3. The first-order valence-electron chi connectivity index (χ1n) is 7.35. The standard InChI is InChI=1S/C16H14F3N3O2/c1-9-7-13(23)14(15(24)20-11-5-6-11)21-22(9)12-4-2-3-10(8-12)16(17,18)19/h2-4,7-8,11H,5-6H2,1H3,(H,20,24). The van der Waals surface area contributed by atoms with Crippen LogP contribution >= 0.6 is 0 Å². The maximum Gasteiger partial charge on any atom is 0.416 e. The highest BCUT2D eigenvalue weighted by atomic mass is 19.4. The number of carbonyl (C=O) groups excluding carboxylic acids is 1. The van der Waals surface area contributed by atoms with Crippen LogP contribution in [-0.4, -0.2) is 21.7 Å². The van der Waals surface area contributed by atoms with Gasteiger partial charge in [0, 0.05) is 17.8 Å². The molecule has 24 heavy (non-hydrogen) atoms. The Morgan fingerprint density at radius 2 is 2.00 bits per heavy atom. The third-order valence-electron chi connectivity index (χ3n) is 3.65. The number of rotatable bonds is 3. The van der Waals surface area contributed by atoms with Crippen LogP contribution < -0.4 is 10.7 Å². The minimum absolute atomic E-state index is 0.0435. The highest BCUT2D eigenvalue weighted by Gasteiger charge is 2.31. The molecular formula is C16H14F3N3O2. The van der Waals surface area contributed by atoms with Crippen molar-refractivity contribution in [1.82, 2.24) is 15.1 Å². The van der Waals surface area contributed by atoms with E-state index in [0.717, 1.165) is 25.0 Å². The molecule has 0 atom stereocenters. The van der Waals surface area contributed by atoms with Gasteiger partial charge < -0.3 is 5.32 Å². The van der Waals surface area contributed by atoms with Crippen molar-refractivity contribution in [3.63, 3.8) is 0 Å². The molecule has 0 bridgehead atoms. The van der Waals surface area contributed by atoms with E-state index in [9.17, 15) is 22.8 Å². The summed E-state index contributed by atoms with van der Waals surface area (Å²) in [6.45, 7) is 1.54. The molecule has 0 spiro atoms. The van der Waals surface area contributed by atoms with Crippen LogP contribution in [0.1, 0.15) is 34.6 Å². The number of hydrogen-bond acceptors (Lipinski definition) is 3. The smallest absolute Gasteiger partial charge is 0.348 e. The summed E-state index contributed by atoms with van der Waals surface area (Å²) in [6, 6.07) is 5.79. The zero-order valence-electron chi connectivity index (χ0n) is 12.7. The van der Waals surface area contributed by atoms with Crippen LogP contribution in [-0.2, 0) is 6.18 Å². The molecule has 0 aliphatic heterocycles. The number of amides is 1. The number of hydrogen-bond donors (Lipinski definition) is 1. The number of aryl methyl sites for hydroxylation is 1. The van der Waals surface area contributed by atoms with Crippen molar-refractivity contribution >= 4 is 5.91 Å². The van der Waals surface area contributed by atoms with Crippen LogP contribution in [0.5, 0.6) is 0 Å². The van der Waals surface area contributed by atoms with Crippen molar-refractivity contribution in [2.75, 3.05) is 0 Å². The molecule has 5 nitrogen and oxygen atoms in total. The molecular weight excluding hydrogens is 323 g/mol. The topological polar surface area (TPSA) is 64.0 Å². The molecule has 1 saturated carbocycles. The summed E-state index contributed by atoms with van der Waals surface area (Å²) in [6.07, 6.45) is -2.80. The maximum atomic E-state index is 12.9. The lowest BCUT2D eigenvalue weighted by atomic mass is 10.2. The normalized spacial score (nSPS) is 14.5. The Bertz CT molecular complexity index is 854. The van der Waals surface area contributed by atoms with Gasteiger partial charge in [0.15, 0.2) is 5.69 Å². The molecule has 8 heteroatoms. The monoisotopic (exact) mass is 337 g/mol. The second-order valence-electron chi connectivity index (χ2n) is 5.71. The highest BCUT2D eigenvalue weighted by Crippen LogP contribution is 2.30. The molecule has 1 N–H and O–H groups in total. The van der Waals surface area contributed by atoms with Gasteiger partial charge in [-0.1, -0.05) is 6.07 Å². The molecule has 1 aliphatic carbocycles. The van der Waals surface area contributed by atoms with Crippen LogP contribution in [0.2, 0.25) is 0 Å². The number of benzene rings is 1. The van der Waals surface area contributed by atoms with E-state index in [2.05, 4.69) is 10.4 Å². The molecule has 0 radical (unpaired) electrons. The SMILES string of the molecule is Cc1cc(=O)c(C(=O)NC2CC2)nn1-c1cccc(C(F)(F)F)c1. The number of halogens is 3. The molecule has 1 fully saturated rings. The Morgan fingerprint density at radius 1 is 1.29 bits per heavy atom. The number of nitrogens with one attached hydrogen (secondary N) is 1. The summed E-state index contributed by atoms with van der Waals surface area (Å²) in [5.74, 6) is -0.608. The van der Waals surface area contributed by atoms with Crippen molar-refractivity contribution in [2.45, 2.75) is 32.0 Å². The van der Waals surface area contributed by atoms with E-state index in [1.807, 2.05) is 0 Å². The van der Waals surface area contributed by atoms with Gasteiger partial charge in [-0.15, -0.1) is 0 Å². The fourth-order valence-corrected chi connectivity index (χ4v) is 2.26. The van der Waals surface area contributed by atoms with E-state index in [-0.39, 0.29) is 17.4 Å². The van der Waals surface area contributed by atoms with Gasteiger partial charge in [0.25, 0.3) is 5.91 Å². The molecule has 1 amide bonds. The molecule has 1 aliphatic rings. The predicted octanol–water partition coefficient (Wildman–Crippen LogP) is 2.45. The Kier molecular flexibility index (Phi) is 3.90. The van der Waals surface area contributed by atoms with Crippen molar-refractivity contribution in [1.29, 1.82) is 0 Å². The van der Waals surface area contributed by atoms with Crippen molar-refractivity contribution in [3.05, 3.63) is 57.5 Å². The Morgan fingerprint density at radius 3 is 2.62 bits per heavy atom. The lowest BCUT2D eigenvalue weighted by Crippen LogP contribution is -2.33. The minimum atomic E-state index is -4.49. The van der Waals surface area contributed by atoms with Crippen LogP contribution in [0.25, 0.3) is 5.69 Å². The molecule has 126 valence electrons. The molecule has 0 unspecified atom stereocenters. The fraction of sp³-hybridized carbons (Fsp3) is 0.312. The number of carbonyl (C=O) groups is 1. The van der Waals surface area contributed by atoms with Crippen LogP contribution in [0.3, 0.4) is 0 Å². The average molecular weight is 337 g/mol. The second-order valence-corrected chi connectivity index (χ2v) is 5.71. The van der Waals surface area contributed by atoms with Gasteiger partial charge in [0.2, 0.25) is 5.43 Å². The number of aromatic nitrogens is 2. The van der Waals surface area contributed by atoms with Crippen molar-refractivity contribution in [2.24, 2.45) is 0 Å². The molecule has 2 aromatic rings. The summed E-state index contributed by atoms with van der Waals surface area (Å²) in [7, 11) is 0. The van der Waals surface area contributed by atoms with Crippen LogP contribution in [0.4, 0.5) is 13.2 Å². The Hall–Kier alpha value is -2.64. The quantitative estimate of drug-likeness (QED) is 0.936. The van der Waals surface area contributed by atoms with Gasteiger partial charge in [0.1, 0.15) is 0 Å². The van der Waals surface area contributed by atoms with Crippen LogP contribution in [0.15, 0.2) is 35.1 Å². The third kappa shape index (κ3) is 3.32. The van der Waals surface area contributed by atoms with E-state index < -0.39 is 23.1 Å². The van der Waals surface area contributed by atoms with Gasteiger partial charge in [0.05, 0.1) is 11.3 Å². The van der Waals surface area contributed by atoms with E-state index >= 15 is 0 Å². The summed E-state index contributed by atoms with van der Waals surface area (Å²) >= 11 is 0. The predicted molar refractivity (Wildman–Crippen MR) is 80.1 cm³/mol. The average Bonchev–Trinajstić information content (AvgIpc) is 3.30. The Balaban J connectivity index is 2.04. The van der Waals surface area contributed by atoms with Crippen molar-refractivity contribution < 1.29 is 18.0 Å². The van der Waals surface area contributed by atoms with E-state index in [4.69, 9.17) is 0 Å². The van der Waals surface area contributed by atoms with Gasteiger partial charge in [-0.05, 0) is 38.0 Å². The fourth-order valence-electron chi connectivity index (χ4n) is 2.26. The van der Waals surface area contributed by atoms with Crippen molar-refractivity contribution in [3.8, 4) is 5.69 Å². The Labute approximate surface area is 135 Å².